The van der Waals surface area contributed by atoms with E-state index in [4.69, 9.17) is 14.2 Å². The van der Waals surface area contributed by atoms with Crippen LogP contribution in [-0.4, -0.2) is 73.5 Å². The van der Waals surface area contributed by atoms with Gasteiger partial charge in [0.25, 0.3) is 0 Å². The van der Waals surface area contributed by atoms with E-state index in [1.54, 1.807) is 0 Å². The predicted octanol–water partition coefficient (Wildman–Crippen LogP) is 11.0. The first kappa shape index (κ1) is 49.3. The highest BCUT2D eigenvalue weighted by molar-refractivity contribution is 5.91. The summed E-state index contributed by atoms with van der Waals surface area (Å²) in [5, 5.41) is 9.51. The third-order valence-corrected chi connectivity index (χ3v) is 9.76. The first-order valence-corrected chi connectivity index (χ1v) is 21.8. The van der Waals surface area contributed by atoms with E-state index in [-0.39, 0.29) is 25.1 Å². The number of carbonyl (C=O) groups is 3. The molecule has 1 N–H and O–H groups in total. The van der Waals surface area contributed by atoms with Crippen LogP contribution in [0.3, 0.4) is 0 Å². The SMILES string of the molecule is CCCCCCCCOC(=O)CC(=O)OCCCCCN(CCO)CCCCCCCC(=O)OC(CCCCCCCC)CCCCCCCC. The molecule has 0 heterocycles. The monoisotopic (exact) mass is 726 g/mol. The Balaban J connectivity index is 4.01. The second-order valence-electron chi connectivity index (χ2n) is 14.8. The van der Waals surface area contributed by atoms with E-state index in [1.807, 2.05) is 0 Å². The van der Waals surface area contributed by atoms with Crippen LogP contribution in [0.2, 0.25) is 0 Å². The van der Waals surface area contributed by atoms with Gasteiger partial charge in [-0.05, 0) is 77.3 Å². The number of aliphatic hydroxyl groups excluding tert-OH is 1. The molecule has 0 saturated heterocycles. The molecule has 0 rings (SSSR count). The molecule has 51 heavy (non-hydrogen) atoms. The number of aliphatic hydroxyl groups is 1. The van der Waals surface area contributed by atoms with Gasteiger partial charge in [-0.2, -0.15) is 0 Å². The molecule has 8 nitrogen and oxygen atoms in total. The number of unbranched alkanes of at least 4 members (excludes halogenated alkanes) is 21. The Kier molecular flexibility index (Phi) is 38.2. The van der Waals surface area contributed by atoms with Gasteiger partial charge in [0.15, 0.2) is 0 Å². The van der Waals surface area contributed by atoms with Gasteiger partial charge in [-0.15, -0.1) is 0 Å². The van der Waals surface area contributed by atoms with E-state index in [9.17, 15) is 19.5 Å². The van der Waals surface area contributed by atoms with Crippen molar-refractivity contribution < 1.29 is 33.7 Å². The molecule has 0 aliphatic heterocycles. The number of carbonyl (C=O) groups excluding carboxylic acids is 3. The van der Waals surface area contributed by atoms with Crippen molar-refractivity contribution in [3.05, 3.63) is 0 Å². The summed E-state index contributed by atoms with van der Waals surface area (Å²) in [4.78, 5) is 38.7. The van der Waals surface area contributed by atoms with E-state index in [0.717, 1.165) is 96.6 Å². The van der Waals surface area contributed by atoms with Crippen molar-refractivity contribution in [2.45, 2.75) is 219 Å². The Hall–Kier alpha value is -1.67. The first-order valence-electron chi connectivity index (χ1n) is 21.8. The van der Waals surface area contributed by atoms with Crippen LogP contribution >= 0.6 is 0 Å². The maximum absolute atomic E-state index is 12.7. The van der Waals surface area contributed by atoms with Crippen LogP contribution in [0.25, 0.3) is 0 Å². The fourth-order valence-corrected chi connectivity index (χ4v) is 6.51. The number of hydrogen-bond donors (Lipinski definition) is 1. The molecule has 302 valence electrons. The molecular formula is C43H83NO7. The van der Waals surface area contributed by atoms with Crippen LogP contribution in [0.4, 0.5) is 0 Å². The summed E-state index contributed by atoms with van der Waals surface area (Å²) >= 11 is 0. The minimum absolute atomic E-state index is 0.0119. The van der Waals surface area contributed by atoms with Crippen molar-refractivity contribution in [1.29, 1.82) is 0 Å². The van der Waals surface area contributed by atoms with E-state index >= 15 is 0 Å². The third-order valence-electron chi connectivity index (χ3n) is 9.76. The molecule has 0 unspecified atom stereocenters. The lowest BCUT2D eigenvalue weighted by atomic mass is 10.0. The highest BCUT2D eigenvalue weighted by Gasteiger charge is 2.15. The Bertz CT molecular complexity index is 761. The second-order valence-corrected chi connectivity index (χ2v) is 14.8. The van der Waals surface area contributed by atoms with Gasteiger partial charge >= 0.3 is 17.9 Å². The normalized spacial score (nSPS) is 11.4. The quantitative estimate of drug-likeness (QED) is 0.0288. The van der Waals surface area contributed by atoms with Gasteiger partial charge < -0.3 is 24.2 Å². The fourth-order valence-electron chi connectivity index (χ4n) is 6.51. The number of hydrogen-bond acceptors (Lipinski definition) is 8. The lowest BCUT2D eigenvalue weighted by molar-refractivity contribution is -0.155. The minimum atomic E-state index is -0.516. The van der Waals surface area contributed by atoms with Crippen LogP contribution in [0, 0.1) is 0 Å². The lowest BCUT2D eigenvalue weighted by Gasteiger charge is -2.21. The number of esters is 3. The lowest BCUT2D eigenvalue weighted by Crippen LogP contribution is -2.29. The molecule has 0 bridgehead atoms. The summed E-state index contributed by atoms with van der Waals surface area (Å²) in [5.74, 6) is -1.03. The van der Waals surface area contributed by atoms with Gasteiger partial charge in [0.1, 0.15) is 12.5 Å². The number of rotatable bonds is 40. The van der Waals surface area contributed by atoms with Gasteiger partial charge in [-0.1, -0.05) is 136 Å². The van der Waals surface area contributed by atoms with Crippen molar-refractivity contribution in [3.8, 4) is 0 Å². The molecule has 0 spiro atoms. The van der Waals surface area contributed by atoms with Crippen molar-refractivity contribution in [2.75, 3.05) is 39.5 Å². The Labute approximate surface area is 314 Å². The molecule has 8 heteroatoms. The van der Waals surface area contributed by atoms with Crippen molar-refractivity contribution in [3.63, 3.8) is 0 Å². The smallest absolute Gasteiger partial charge is 0.317 e. The number of nitrogens with zero attached hydrogens (tertiary/aromatic N) is 1. The van der Waals surface area contributed by atoms with Gasteiger partial charge in [-0.25, -0.2) is 0 Å². The zero-order chi connectivity index (χ0) is 37.5. The maximum Gasteiger partial charge on any atom is 0.317 e. The van der Waals surface area contributed by atoms with Crippen molar-refractivity contribution in [1.82, 2.24) is 4.90 Å². The van der Waals surface area contributed by atoms with Gasteiger partial charge in [0, 0.05) is 13.0 Å². The van der Waals surface area contributed by atoms with Crippen LogP contribution in [0.5, 0.6) is 0 Å². The molecule has 0 aromatic rings. The van der Waals surface area contributed by atoms with Crippen LogP contribution in [-0.2, 0) is 28.6 Å². The zero-order valence-electron chi connectivity index (χ0n) is 33.9. The highest BCUT2D eigenvalue weighted by atomic mass is 16.6. The van der Waals surface area contributed by atoms with Crippen molar-refractivity contribution in [2.24, 2.45) is 0 Å². The summed E-state index contributed by atoms with van der Waals surface area (Å²) < 4.78 is 16.4. The number of ether oxygens (including phenoxy) is 3. The maximum atomic E-state index is 12.7. The summed E-state index contributed by atoms with van der Waals surface area (Å²) in [7, 11) is 0. The molecule has 0 aromatic carbocycles. The third kappa shape index (κ3) is 36.5. The van der Waals surface area contributed by atoms with Crippen LogP contribution < -0.4 is 0 Å². The molecule has 0 radical (unpaired) electrons. The molecule has 0 amide bonds. The average molecular weight is 726 g/mol. The first-order chi connectivity index (χ1) is 25.0. The average Bonchev–Trinajstić information content (AvgIpc) is 3.11. The largest absolute Gasteiger partial charge is 0.465 e. The van der Waals surface area contributed by atoms with Gasteiger partial charge in [-0.3, -0.25) is 14.4 Å². The predicted molar refractivity (Wildman–Crippen MR) is 211 cm³/mol. The molecule has 0 saturated carbocycles. The Morgan fingerprint density at radius 3 is 1.33 bits per heavy atom. The fraction of sp³-hybridized carbons (Fsp3) is 0.930. The Morgan fingerprint density at radius 2 is 0.863 bits per heavy atom. The van der Waals surface area contributed by atoms with Gasteiger partial charge in [0.05, 0.1) is 19.8 Å². The second kappa shape index (κ2) is 39.5. The van der Waals surface area contributed by atoms with Crippen molar-refractivity contribution >= 4 is 17.9 Å². The summed E-state index contributed by atoms with van der Waals surface area (Å²) in [5.41, 5.74) is 0. The minimum Gasteiger partial charge on any atom is -0.465 e. The summed E-state index contributed by atoms with van der Waals surface area (Å²) in [6.45, 7) is 10.1. The van der Waals surface area contributed by atoms with E-state index in [0.29, 0.717) is 26.2 Å². The topological polar surface area (TPSA) is 102 Å². The van der Waals surface area contributed by atoms with Crippen LogP contribution in [0.15, 0.2) is 0 Å². The highest BCUT2D eigenvalue weighted by Crippen LogP contribution is 2.18. The van der Waals surface area contributed by atoms with E-state index < -0.39 is 11.9 Å². The molecular weight excluding hydrogens is 642 g/mol. The molecule has 0 aromatic heterocycles. The molecule has 0 fully saturated rings. The summed E-state index contributed by atoms with van der Waals surface area (Å²) in [6, 6.07) is 0. The molecule has 0 aliphatic rings. The molecule has 0 aliphatic carbocycles. The van der Waals surface area contributed by atoms with E-state index in [1.165, 1.54) is 96.3 Å². The van der Waals surface area contributed by atoms with Gasteiger partial charge in [0.2, 0.25) is 0 Å². The Morgan fingerprint density at radius 1 is 0.471 bits per heavy atom. The zero-order valence-corrected chi connectivity index (χ0v) is 33.9. The van der Waals surface area contributed by atoms with E-state index in [2.05, 4.69) is 25.7 Å². The van der Waals surface area contributed by atoms with Crippen LogP contribution in [0.1, 0.15) is 213 Å². The standard InChI is InChI=1S/C43H83NO7/c1-4-7-10-13-17-23-30-40(31-24-18-14-11-8-5-2)51-41(46)32-25-19-16-20-26-33-44(35-36-45)34-27-22-29-38-50-43(48)39-42(47)49-37-28-21-15-12-9-6-3/h40,45H,4-39H2,1-3H3. The molecule has 0 atom stereocenters. The summed E-state index contributed by atoms with van der Waals surface area (Å²) in [6.07, 6.45) is 32.2.